The summed E-state index contributed by atoms with van der Waals surface area (Å²) >= 11 is 1.66. The van der Waals surface area contributed by atoms with Gasteiger partial charge >= 0.3 is 6.03 Å². The van der Waals surface area contributed by atoms with Gasteiger partial charge in [0.15, 0.2) is 0 Å². The molecule has 6 rings (SSSR count). The summed E-state index contributed by atoms with van der Waals surface area (Å²) in [5.41, 5.74) is 5.89. The topological polar surface area (TPSA) is 55.1 Å². The number of benzene rings is 3. The summed E-state index contributed by atoms with van der Waals surface area (Å²) in [6.07, 6.45) is 4.88. The molecular weight excluding hydrogens is 490 g/mol. The molecule has 1 N–H and O–H groups in total. The van der Waals surface area contributed by atoms with Crippen molar-refractivity contribution in [2.75, 3.05) is 11.6 Å². The second-order valence-electron chi connectivity index (χ2n) is 9.26. The number of fused-ring (bicyclic) bond motifs is 3. The van der Waals surface area contributed by atoms with Gasteiger partial charge in [-0.15, -0.1) is 11.8 Å². The van der Waals surface area contributed by atoms with Crippen LogP contribution in [-0.2, 0) is 13.0 Å². The Morgan fingerprint density at radius 1 is 0.974 bits per heavy atom. The third-order valence-corrected chi connectivity index (χ3v) is 7.73. The number of amides is 2. The monoisotopic (exact) mass is 519 g/mol. The molecule has 1 aliphatic rings. The lowest BCUT2D eigenvalue weighted by molar-refractivity contribution is 0.194. The highest BCUT2D eigenvalue weighted by molar-refractivity contribution is 7.98. The number of aromatic nitrogens is 3. The number of nitrogens with one attached hydrogen (secondary N) is 1. The van der Waals surface area contributed by atoms with E-state index in [1.807, 2.05) is 82.6 Å². The molecule has 190 valence electrons. The predicted molar refractivity (Wildman–Crippen MR) is 153 cm³/mol. The first-order chi connectivity index (χ1) is 18.7. The van der Waals surface area contributed by atoms with E-state index < -0.39 is 0 Å². The zero-order valence-electron chi connectivity index (χ0n) is 21.4. The van der Waals surface area contributed by atoms with Crippen LogP contribution in [0.5, 0.6) is 0 Å². The normalized spacial score (nSPS) is 14.5. The van der Waals surface area contributed by atoms with Crippen molar-refractivity contribution in [2.45, 2.75) is 30.8 Å². The number of carbonyl (C=O) groups is 1. The molecule has 0 spiro atoms. The van der Waals surface area contributed by atoms with E-state index in [-0.39, 0.29) is 12.1 Å². The van der Waals surface area contributed by atoms with E-state index >= 15 is 0 Å². The molecule has 6 nitrogen and oxygen atoms in total. The Kier molecular flexibility index (Phi) is 6.52. The van der Waals surface area contributed by atoms with E-state index in [0.717, 1.165) is 51.0 Å². The summed E-state index contributed by atoms with van der Waals surface area (Å²) in [5.74, 6) is 0.980. The van der Waals surface area contributed by atoms with Crippen molar-refractivity contribution >= 4 is 23.5 Å². The van der Waals surface area contributed by atoms with Crippen LogP contribution in [0.25, 0.3) is 11.5 Å². The minimum atomic E-state index is -0.281. The third kappa shape index (κ3) is 4.29. The molecule has 38 heavy (non-hydrogen) atoms. The molecule has 3 aromatic carbocycles. The van der Waals surface area contributed by atoms with Crippen LogP contribution in [0.3, 0.4) is 0 Å². The van der Waals surface area contributed by atoms with Crippen LogP contribution in [0.4, 0.5) is 10.5 Å². The van der Waals surface area contributed by atoms with E-state index in [1.54, 1.807) is 11.8 Å². The van der Waals surface area contributed by atoms with Crippen molar-refractivity contribution in [3.05, 3.63) is 126 Å². The number of anilines is 1. The second kappa shape index (κ2) is 10.3. The molecule has 0 bridgehead atoms. The number of carbonyl (C=O) groups excluding carboxylic acids is 1. The van der Waals surface area contributed by atoms with Crippen LogP contribution in [0.1, 0.15) is 35.5 Å². The van der Waals surface area contributed by atoms with Crippen LogP contribution >= 0.6 is 11.8 Å². The fourth-order valence-corrected chi connectivity index (χ4v) is 5.69. The van der Waals surface area contributed by atoms with Gasteiger partial charge in [-0.2, -0.15) is 5.10 Å². The molecule has 3 heterocycles. The summed E-state index contributed by atoms with van der Waals surface area (Å²) < 4.78 is 4.22. The Bertz CT molecular complexity index is 1570. The Morgan fingerprint density at radius 3 is 2.47 bits per heavy atom. The zero-order chi connectivity index (χ0) is 26.1. The Balaban J connectivity index is 1.53. The molecule has 0 saturated carbocycles. The molecule has 5 aromatic rings. The van der Waals surface area contributed by atoms with Crippen LogP contribution in [0, 0.1) is 0 Å². The maximum atomic E-state index is 14.1. The smallest absolute Gasteiger partial charge is 0.308 e. The number of thioether (sulfide) groups is 1. The number of para-hydroxylation sites is 1. The maximum absolute atomic E-state index is 14.1. The maximum Gasteiger partial charge on any atom is 0.322 e. The van der Waals surface area contributed by atoms with Gasteiger partial charge in [-0.3, -0.25) is 0 Å². The minimum absolute atomic E-state index is 0.146. The van der Waals surface area contributed by atoms with Gasteiger partial charge in [0, 0.05) is 22.3 Å². The van der Waals surface area contributed by atoms with Gasteiger partial charge in [-0.05, 0) is 60.7 Å². The first-order valence-electron chi connectivity index (χ1n) is 12.8. The van der Waals surface area contributed by atoms with Gasteiger partial charge in [-0.25, -0.2) is 9.48 Å². The summed E-state index contributed by atoms with van der Waals surface area (Å²) in [5, 5.41) is 8.21. The van der Waals surface area contributed by atoms with Crippen LogP contribution < -0.4 is 5.32 Å². The van der Waals surface area contributed by atoms with Crippen LogP contribution in [0.15, 0.2) is 108 Å². The Labute approximate surface area is 226 Å². The summed E-state index contributed by atoms with van der Waals surface area (Å²) in [7, 11) is 0. The first kappa shape index (κ1) is 24.1. The number of urea groups is 1. The van der Waals surface area contributed by atoms with E-state index in [9.17, 15) is 4.79 Å². The number of aryl methyl sites for hydroxylation is 1. The Hall–Kier alpha value is -4.23. The summed E-state index contributed by atoms with van der Waals surface area (Å²) in [6, 6.07) is 32.1. The van der Waals surface area contributed by atoms with Gasteiger partial charge in [0.25, 0.3) is 0 Å². The molecule has 1 atom stereocenters. The summed E-state index contributed by atoms with van der Waals surface area (Å²) in [4.78, 5) is 17.1. The lowest BCUT2D eigenvalue weighted by Gasteiger charge is -2.31. The highest BCUT2D eigenvalue weighted by Crippen LogP contribution is 2.39. The molecule has 2 aromatic heterocycles. The van der Waals surface area contributed by atoms with Crippen LogP contribution in [0.2, 0.25) is 0 Å². The number of nitrogens with zero attached hydrogens (tertiary/aromatic N) is 4. The number of hydrogen-bond donors (Lipinski definition) is 1. The quantitative estimate of drug-likeness (QED) is 0.252. The van der Waals surface area contributed by atoms with Crippen molar-refractivity contribution in [1.82, 2.24) is 19.2 Å². The van der Waals surface area contributed by atoms with Gasteiger partial charge in [0.2, 0.25) is 0 Å². The van der Waals surface area contributed by atoms with Gasteiger partial charge in [0.05, 0.1) is 29.7 Å². The van der Waals surface area contributed by atoms with Crippen LogP contribution in [-0.4, -0.2) is 31.5 Å². The predicted octanol–water partition coefficient (Wildman–Crippen LogP) is 7.08. The molecular formula is C31H29N5OS. The largest absolute Gasteiger partial charge is 0.322 e. The van der Waals surface area contributed by atoms with Crippen molar-refractivity contribution in [3.8, 4) is 11.5 Å². The standard InChI is InChI=1S/C31H29N5OS/c1-3-27-26-21-35(31(37)32-23-14-10-17-25(20-23)38-2)29(22-12-6-4-7-13-22)28-18-11-19-34(28)30(26)36(33-27)24-15-8-5-9-16-24/h4-20,29H,3,21H2,1-2H3,(H,32,37)/t29-/m1/s1. The molecule has 0 fully saturated rings. The highest BCUT2D eigenvalue weighted by Gasteiger charge is 2.36. The lowest BCUT2D eigenvalue weighted by Crippen LogP contribution is -2.38. The number of hydrogen-bond acceptors (Lipinski definition) is 3. The number of rotatable bonds is 5. The fourth-order valence-electron chi connectivity index (χ4n) is 5.23. The van der Waals surface area contributed by atoms with Gasteiger partial charge in [-0.1, -0.05) is 61.5 Å². The first-order valence-corrected chi connectivity index (χ1v) is 14.0. The second-order valence-corrected chi connectivity index (χ2v) is 10.1. The molecule has 0 aliphatic carbocycles. The third-order valence-electron chi connectivity index (χ3n) is 7.00. The molecule has 1 aliphatic heterocycles. The average Bonchev–Trinajstić information content (AvgIpc) is 3.55. The van der Waals surface area contributed by atoms with Gasteiger partial charge in [0.1, 0.15) is 5.82 Å². The van der Waals surface area contributed by atoms with Gasteiger partial charge < -0.3 is 14.8 Å². The molecule has 0 saturated heterocycles. The fraction of sp³-hybridized carbons (Fsp3) is 0.161. The molecule has 2 amide bonds. The summed E-state index contributed by atoms with van der Waals surface area (Å²) in [6.45, 7) is 2.55. The van der Waals surface area contributed by atoms with E-state index in [4.69, 9.17) is 5.10 Å². The van der Waals surface area contributed by atoms with E-state index in [0.29, 0.717) is 6.54 Å². The van der Waals surface area contributed by atoms with E-state index in [2.05, 4.69) is 53.3 Å². The zero-order valence-corrected chi connectivity index (χ0v) is 22.2. The van der Waals surface area contributed by atoms with Crippen molar-refractivity contribution in [1.29, 1.82) is 0 Å². The Morgan fingerprint density at radius 2 is 1.74 bits per heavy atom. The van der Waals surface area contributed by atoms with Crippen molar-refractivity contribution < 1.29 is 4.79 Å². The SMILES string of the molecule is CCc1nn(-c2ccccc2)c2c1CN(C(=O)Nc1cccc(SC)c1)[C@H](c1ccccc1)c1cccn1-2. The highest BCUT2D eigenvalue weighted by atomic mass is 32.2. The molecule has 0 unspecified atom stereocenters. The minimum Gasteiger partial charge on any atom is -0.308 e. The molecule has 7 heteroatoms. The van der Waals surface area contributed by atoms with E-state index in [1.165, 1.54) is 0 Å². The van der Waals surface area contributed by atoms with Crippen molar-refractivity contribution in [2.24, 2.45) is 0 Å². The van der Waals surface area contributed by atoms with Crippen molar-refractivity contribution in [3.63, 3.8) is 0 Å². The average molecular weight is 520 g/mol. The molecule has 0 radical (unpaired) electrons. The lowest BCUT2D eigenvalue weighted by atomic mass is 10.0.